The summed E-state index contributed by atoms with van der Waals surface area (Å²) in [5, 5.41) is 0. The Morgan fingerprint density at radius 3 is 2.52 bits per heavy atom. The van der Waals surface area contributed by atoms with Crippen molar-refractivity contribution in [3.05, 3.63) is 24.3 Å². The summed E-state index contributed by atoms with van der Waals surface area (Å²) in [5.74, 6) is 0.0739. The van der Waals surface area contributed by atoms with Gasteiger partial charge >= 0.3 is 0 Å². The van der Waals surface area contributed by atoms with E-state index in [1.165, 1.54) is 0 Å². The van der Waals surface area contributed by atoms with Crippen LogP contribution in [0.15, 0.2) is 29.2 Å². The first-order chi connectivity index (χ1) is 9.92. The minimum atomic E-state index is -3.45. The fourth-order valence-corrected chi connectivity index (χ4v) is 3.82. The number of hydrogen-bond acceptors (Lipinski definition) is 4. The Labute approximate surface area is 126 Å². The number of benzene rings is 1. The molecular formula is C15H22N2O3S. The first-order valence-corrected chi connectivity index (χ1v) is 8.73. The van der Waals surface area contributed by atoms with E-state index in [9.17, 15) is 13.2 Å². The third-order valence-corrected chi connectivity index (χ3v) is 5.23. The number of piperidine rings is 1. The van der Waals surface area contributed by atoms with Crippen molar-refractivity contribution in [1.29, 1.82) is 0 Å². The van der Waals surface area contributed by atoms with Gasteiger partial charge < -0.3 is 9.69 Å². The highest BCUT2D eigenvalue weighted by atomic mass is 32.2. The molecule has 5 nitrogen and oxygen atoms in total. The van der Waals surface area contributed by atoms with Crippen LogP contribution in [0.3, 0.4) is 0 Å². The number of carbonyl (C=O) groups is 1. The number of nitrogens with one attached hydrogen (secondary N) is 1. The fourth-order valence-electron chi connectivity index (χ4n) is 2.57. The molecule has 1 N–H and O–H groups in total. The average Bonchev–Trinajstić information content (AvgIpc) is 2.46. The standard InChI is InChI=1S/C15H22N2O3S/c1-12(2)16-21(19,20)15-7-5-14(6-8-15)17-9-3-4-13(10-17)11-18/h5-8,11-13,16H,3-4,9-10H2,1-2H3. The minimum Gasteiger partial charge on any atom is -0.371 e. The number of nitrogens with zero attached hydrogens (tertiary/aromatic N) is 1. The molecule has 6 heteroatoms. The van der Waals surface area contributed by atoms with Crippen molar-refractivity contribution < 1.29 is 13.2 Å². The van der Waals surface area contributed by atoms with Crippen LogP contribution in [0.4, 0.5) is 5.69 Å². The van der Waals surface area contributed by atoms with Gasteiger partial charge in [0.25, 0.3) is 0 Å². The largest absolute Gasteiger partial charge is 0.371 e. The summed E-state index contributed by atoms with van der Waals surface area (Å²) in [6.45, 7) is 5.19. The maximum atomic E-state index is 12.1. The van der Waals surface area contributed by atoms with Crippen LogP contribution in [0, 0.1) is 5.92 Å². The third kappa shape index (κ3) is 4.04. The van der Waals surface area contributed by atoms with E-state index >= 15 is 0 Å². The number of rotatable bonds is 5. The van der Waals surface area contributed by atoms with Crippen molar-refractivity contribution in [2.24, 2.45) is 5.92 Å². The van der Waals surface area contributed by atoms with Crippen molar-refractivity contribution in [3.8, 4) is 0 Å². The smallest absolute Gasteiger partial charge is 0.240 e. The van der Waals surface area contributed by atoms with Crippen molar-refractivity contribution in [2.45, 2.75) is 37.6 Å². The van der Waals surface area contributed by atoms with Crippen LogP contribution in [0.5, 0.6) is 0 Å². The molecule has 0 aromatic heterocycles. The van der Waals surface area contributed by atoms with Crippen LogP contribution < -0.4 is 9.62 Å². The van der Waals surface area contributed by atoms with Crippen LogP contribution in [0.25, 0.3) is 0 Å². The molecule has 0 radical (unpaired) electrons. The Bertz CT molecular complexity index is 581. The van der Waals surface area contributed by atoms with Crippen molar-refractivity contribution in [3.63, 3.8) is 0 Å². The van der Waals surface area contributed by atoms with Gasteiger partial charge in [0.15, 0.2) is 0 Å². The van der Waals surface area contributed by atoms with E-state index in [0.29, 0.717) is 6.54 Å². The first kappa shape index (κ1) is 16.0. The predicted molar refractivity (Wildman–Crippen MR) is 82.9 cm³/mol. The van der Waals surface area contributed by atoms with Gasteiger partial charge in [0.2, 0.25) is 10.0 Å². The van der Waals surface area contributed by atoms with Crippen LogP contribution in [0.2, 0.25) is 0 Å². The predicted octanol–water partition coefficient (Wildman–Crippen LogP) is 1.79. The molecule has 2 rings (SSSR count). The number of carbonyl (C=O) groups excluding carboxylic acids is 1. The van der Waals surface area contributed by atoms with Crippen LogP contribution in [0.1, 0.15) is 26.7 Å². The summed E-state index contributed by atoms with van der Waals surface area (Å²) in [5.41, 5.74) is 0.963. The zero-order valence-corrected chi connectivity index (χ0v) is 13.3. The molecular weight excluding hydrogens is 288 g/mol. The van der Waals surface area contributed by atoms with Gasteiger partial charge in [-0.15, -0.1) is 0 Å². The SMILES string of the molecule is CC(C)NS(=O)(=O)c1ccc(N2CCCC(C=O)C2)cc1. The molecule has 1 unspecified atom stereocenters. The molecule has 0 saturated carbocycles. The number of anilines is 1. The monoisotopic (exact) mass is 310 g/mol. The lowest BCUT2D eigenvalue weighted by molar-refractivity contribution is -0.111. The molecule has 0 spiro atoms. The third-order valence-electron chi connectivity index (χ3n) is 3.55. The molecule has 0 aliphatic carbocycles. The van der Waals surface area contributed by atoms with Crippen LogP contribution in [-0.2, 0) is 14.8 Å². The lowest BCUT2D eigenvalue weighted by Crippen LogP contribution is -2.36. The second-order valence-electron chi connectivity index (χ2n) is 5.75. The Kier molecular flexibility index (Phi) is 5.00. The molecule has 116 valence electrons. The lowest BCUT2D eigenvalue weighted by atomic mass is 9.99. The summed E-state index contributed by atoms with van der Waals surface area (Å²) in [6, 6.07) is 6.71. The molecule has 1 heterocycles. The van der Waals surface area contributed by atoms with E-state index in [4.69, 9.17) is 0 Å². The van der Waals surface area contributed by atoms with Gasteiger partial charge in [-0.2, -0.15) is 0 Å². The molecule has 21 heavy (non-hydrogen) atoms. The normalized spacial score (nSPS) is 19.8. The van der Waals surface area contributed by atoms with E-state index in [0.717, 1.165) is 31.4 Å². The first-order valence-electron chi connectivity index (χ1n) is 7.25. The topological polar surface area (TPSA) is 66.5 Å². The van der Waals surface area contributed by atoms with Gasteiger partial charge in [-0.1, -0.05) is 0 Å². The van der Waals surface area contributed by atoms with Crippen LogP contribution in [-0.4, -0.2) is 33.8 Å². The summed E-state index contributed by atoms with van der Waals surface area (Å²) in [4.78, 5) is 13.3. The summed E-state index contributed by atoms with van der Waals surface area (Å²) < 4.78 is 26.7. The Morgan fingerprint density at radius 2 is 1.95 bits per heavy atom. The molecule has 1 fully saturated rings. The van der Waals surface area contributed by atoms with Gasteiger partial charge in [0.1, 0.15) is 6.29 Å². The van der Waals surface area contributed by atoms with E-state index < -0.39 is 10.0 Å². The van der Waals surface area contributed by atoms with Crippen molar-refractivity contribution >= 4 is 22.0 Å². The van der Waals surface area contributed by atoms with Crippen molar-refractivity contribution in [1.82, 2.24) is 4.72 Å². The van der Waals surface area contributed by atoms with E-state index in [2.05, 4.69) is 9.62 Å². The van der Waals surface area contributed by atoms with E-state index in [1.807, 2.05) is 12.1 Å². The minimum absolute atomic E-state index is 0.0739. The summed E-state index contributed by atoms with van der Waals surface area (Å²) in [6.07, 6.45) is 2.93. The maximum absolute atomic E-state index is 12.1. The number of hydrogen-bond donors (Lipinski definition) is 1. The van der Waals surface area contributed by atoms with Crippen LogP contribution >= 0.6 is 0 Å². The molecule has 1 aliphatic rings. The highest BCUT2D eigenvalue weighted by molar-refractivity contribution is 7.89. The zero-order valence-electron chi connectivity index (χ0n) is 12.5. The molecule has 1 aromatic rings. The van der Waals surface area contributed by atoms with Gasteiger partial charge in [0, 0.05) is 30.7 Å². The highest BCUT2D eigenvalue weighted by Crippen LogP contribution is 2.23. The molecule has 1 saturated heterocycles. The number of sulfonamides is 1. The quantitative estimate of drug-likeness (QED) is 0.842. The van der Waals surface area contributed by atoms with Gasteiger partial charge in [-0.25, -0.2) is 13.1 Å². The molecule has 1 atom stereocenters. The average molecular weight is 310 g/mol. The van der Waals surface area contributed by atoms with E-state index in [1.54, 1.807) is 26.0 Å². The highest BCUT2D eigenvalue weighted by Gasteiger charge is 2.20. The summed E-state index contributed by atoms with van der Waals surface area (Å²) >= 11 is 0. The van der Waals surface area contributed by atoms with Gasteiger partial charge in [-0.05, 0) is 51.0 Å². The van der Waals surface area contributed by atoms with Gasteiger partial charge in [-0.3, -0.25) is 0 Å². The molecule has 0 bridgehead atoms. The zero-order chi connectivity index (χ0) is 15.5. The second kappa shape index (κ2) is 6.58. The second-order valence-corrected chi connectivity index (χ2v) is 7.47. The molecule has 0 amide bonds. The Hall–Kier alpha value is -1.40. The summed E-state index contributed by atoms with van der Waals surface area (Å²) in [7, 11) is -3.45. The molecule has 1 aliphatic heterocycles. The van der Waals surface area contributed by atoms with Gasteiger partial charge in [0.05, 0.1) is 4.90 Å². The van der Waals surface area contributed by atoms with Crippen molar-refractivity contribution in [2.75, 3.05) is 18.0 Å². The van der Waals surface area contributed by atoms with E-state index in [-0.39, 0.29) is 16.9 Å². The number of aldehydes is 1. The molecule has 1 aromatic carbocycles. The maximum Gasteiger partial charge on any atom is 0.240 e. The Morgan fingerprint density at radius 1 is 1.29 bits per heavy atom. The Balaban J connectivity index is 2.13. The fraction of sp³-hybridized carbons (Fsp3) is 0.533. The lowest BCUT2D eigenvalue weighted by Gasteiger charge is -2.32.